The van der Waals surface area contributed by atoms with Crippen LogP contribution in [0.4, 0.5) is 0 Å². The molecule has 0 saturated heterocycles. The number of hydrogen-bond acceptors (Lipinski definition) is 5. The van der Waals surface area contributed by atoms with Gasteiger partial charge in [-0.1, -0.05) is 0 Å². The molecule has 0 atom stereocenters. The molecule has 102 valence electrons. The van der Waals surface area contributed by atoms with Crippen LogP contribution in [-0.2, 0) is 10.0 Å². The fourth-order valence-corrected chi connectivity index (χ4v) is 3.28. The lowest BCUT2D eigenvalue weighted by Crippen LogP contribution is -2.39. The molecule has 19 heavy (non-hydrogen) atoms. The zero-order valence-electron chi connectivity index (χ0n) is 10.5. The van der Waals surface area contributed by atoms with Gasteiger partial charge < -0.3 is 5.11 Å². The molecule has 0 aromatic carbocycles. The lowest BCUT2D eigenvalue weighted by molar-refractivity contribution is 0.0367. The van der Waals surface area contributed by atoms with Crippen LogP contribution in [0.5, 0.6) is 0 Å². The number of pyridine rings is 1. The summed E-state index contributed by atoms with van der Waals surface area (Å²) < 4.78 is 25.7. The molecule has 0 amide bonds. The minimum absolute atomic E-state index is 0.0777. The van der Waals surface area contributed by atoms with Crippen LogP contribution in [0.2, 0.25) is 0 Å². The van der Waals surface area contributed by atoms with Crippen LogP contribution in [0, 0.1) is 17.2 Å². The lowest BCUT2D eigenvalue weighted by atomic mass is 9.82. The van der Waals surface area contributed by atoms with Gasteiger partial charge in [0.1, 0.15) is 16.7 Å². The molecule has 2 rings (SSSR count). The van der Waals surface area contributed by atoms with Gasteiger partial charge in [0.05, 0.1) is 6.10 Å². The Bertz CT molecular complexity index is 586. The first kappa shape index (κ1) is 13.9. The largest absolute Gasteiger partial charge is 0.393 e. The molecule has 0 aliphatic heterocycles. The Morgan fingerprint density at radius 1 is 1.53 bits per heavy atom. The Kier molecular flexibility index (Phi) is 3.85. The Morgan fingerprint density at radius 3 is 2.68 bits per heavy atom. The standard InChI is InChI=1S/C12H15N3O3S/c1-15(8-9-4-11(16)5-9)19(17,18)12-3-2-10(6-13)14-7-12/h2-3,7,9,11,16H,4-5,8H2,1H3. The number of aliphatic hydroxyl groups is 1. The van der Waals surface area contributed by atoms with Crippen LogP contribution in [0.1, 0.15) is 18.5 Å². The summed E-state index contributed by atoms with van der Waals surface area (Å²) in [5.74, 6) is 0.209. The highest BCUT2D eigenvalue weighted by atomic mass is 32.2. The number of nitriles is 1. The summed E-state index contributed by atoms with van der Waals surface area (Å²) in [6, 6.07) is 4.61. The van der Waals surface area contributed by atoms with Crippen LogP contribution < -0.4 is 0 Å². The highest BCUT2D eigenvalue weighted by molar-refractivity contribution is 7.89. The molecular weight excluding hydrogens is 266 g/mol. The van der Waals surface area contributed by atoms with E-state index in [2.05, 4.69) is 4.98 Å². The SMILES string of the molecule is CN(CC1CC(O)C1)S(=O)(=O)c1ccc(C#N)nc1. The molecule has 0 radical (unpaired) electrons. The minimum atomic E-state index is -3.57. The molecule has 1 N–H and O–H groups in total. The first-order valence-corrected chi connectivity index (χ1v) is 7.38. The topological polar surface area (TPSA) is 94.3 Å². The third kappa shape index (κ3) is 2.92. The molecule has 6 nitrogen and oxygen atoms in total. The second kappa shape index (κ2) is 5.25. The predicted molar refractivity (Wildman–Crippen MR) is 67.5 cm³/mol. The van der Waals surface area contributed by atoms with E-state index in [1.54, 1.807) is 0 Å². The van der Waals surface area contributed by atoms with Crippen LogP contribution in [0.25, 0.3) is 0 Å². The van der Waals surface area contributed by atoms with Gasteiger partial charge in [-0.15, -0.1) is 0 Å². The second-order valence-electron chi connectivity index (χ2n) is 4.77. The van der Waals surface area contributed by atoms with Gasteiger partial charge in [-0.25, -0.2) is 17.7 Å². The molecule has 1 aromatic heterocycles. The van der Waals surface area contributed by atoms with Gasteiger partial charge in [0.2, 0.25) is 10.0 Å². The summed E-state index contributed by atoms with van der Waals surface area (Å²) in [7, 11) is -2.06. The number of hydrogen-bond donors (Lipinski definition) is 1. The van der Waals surface area contributed by atoms with Gasteiger partial charge in [0.25, 0.3) is 0 Å². The normalized spacial score (nSPS) is 22.8. The van der Waals surface area contributed by atoms with Crippen molar-refractivity contribution in [1.82, 2.24) is 9.29 Å². The molecular formula is C12H15N3O3S. The molecule has 0 bridgehead atoms. The number of aliphatic hydroxyl groups excluding tert-OH is 1. The van der Waals surface area contributed by atoms with Crippen LogP contribution in [0.3, 0.4) is 0 Å². The maximum Gasteiger partial charge on any atom is 0.244 e. The van der Waals surface area contributed by atoms with Gasteiger partial charge in [0, 0.05) is 19.8 Å². The van der Waals surface area contributed by atoms with Crippen LogP contribution in [-0.4, -0.2) is 42.5 Å². The molecule has 1 aliphatic carbocycles. The fraction of sp³-hybridized carbons (Fsp3) is 0.500. The van der Waals surface area contributed by atoms with E-state index in [-0.39, 0.29) is 22.6 Å². The Morgan fingerprint density at radius 2 is 2.21 bits per heavy atom. The average Bonchev–Trinajstić information content (AvgIpc) is 2.36. The zero-order valence-corrected chi connectivity index (χ0v) is 11.3. The summed E-state index contributed by atoms with van der Waals surface area (Å²) in [5, 5.41) is 17.8. The van der Waals surface area contributed by atoms with E-state index in [0.717, 1.165) is 0 Å². The third-order valence-electron chi connectivity index (χ3n) is 3.29. The van der Waals surface area contributed by atoms with Crippen molar-refractivity contribution >= 4 is 10.0 Å². The quantitative estimate of drug-likeness (QED) is 0.859. The average molecular weight is 281 g/mol. The summed E-state index contributed by atoms with van der Waals surface area (Å²) in [4.78, 5) is 3.84. The lowest BCUT2D eigenvalue weighted by Gasteiger charge is -2.33. The van der Waals surface area contributed by atoms with E-state index in [1.807, 2.05) is 6.07 Å². The number of rotatable bonds is 4. The minimum Gasteiger partial charge on any atom is -0.393 e. The Balaban J connectivity index is 2.10. The molecule has 1 aliphatic rings. The van der Waals surface area contributed by atoms with Crippen molar-refractivity contribution in [3.63, 3.8) is 0 Å². The molecule has 1 heterocycles. The van der Waals surface area contributed by atoms with E-state index in [1.165, 1.54) is 29.7 Å². The van der Waals surface area contributed by atoms with Crippen LogP contribution in [0.15, 0.2) is 23.2 Å². The van der Waals surface area contributed by atoms with E-state index >= 15 is 0 Å². The molecule has 1 fully saturated rings. The molecule has 1 aromatic rings. The number of nitrogens with zero attached hydrogens (tertiary/aromatic N) is 3. The van der Waals surface area contributed by atoms with E-state index in [0.29, 0.717) is 19.4 Å². The number of aromatic nitrogens is 1. The second-order valence-corrected chi connectivity index (χ2v) is 6.81. The summed E-state index contributed by atoms with van der Waals surface area (Å²) in [5.41, 5.74) is 0.184. The zero-order chi connectivity index (χ0) is 14.0. The molecule has 1 saturated carbocycles. The Labute approximate surface area is 112 Å². The van der Waals surface area contributed by atoms with E-state index < -0.39 is 10.0 Å². The first-order valence-electron chi connectivity index (χ1n) is 5.94. The van der Waals surface area contributed by atoms with E-state index in [9.17, 15) is 13.5 Å². The smallest absolute Gasteiger partial charge is 0.244 e. The van der Waals surface area contributed by atoms with Crippen LogP contribution >= 0.6 is 0 Å². The monoisotopic (exact) mass is 281 g/mol. The first-order chi connectivity index (χ1) is 8.93. The summed E-state index contributed by atoms with van der Waals surface area (Å²) >= 11 is 0. The maximum absolute atomic E-state index is 12.2. The predicted octanol–water partition coefficient (Wildman–Crippen LogP) is 0.345. The Hall–Kier alpha value is -1.49. The van der Waals surface area contributed by atoms with Crippen molar-refractivity contribution in [1.29, 1.82) is 5.26 Å². The summed E-state index contributed by atoms with van der Waals surface area (Å²) in [6.07, 6.45) is 2.19. The van der Waals surface area contributed by atoms with Crippen molar-refractivity contribution in [2.75, 3.05) is 13.6 Å². The van der Waals surface area contributed by atoms with Gasteiger partial charge >= 0.3 is 0 Å². The van der Waals surface area contributed by atoms with E-state index in [4.69, 9.17) is 5.26 Å². The molecule has 0 unspecified atom stereocenters. The van der Waals surface area contributed by atoms with Gasteiger partial charge in [-0.3, -0.25) is 0 Å². The maximum atomic E-state index is 12.2. The fourth-order valence-electron chi connectivity index (χ4n) is 2.09. The van der Waals surface area contributed by atoms with Gasteiger partial charge in [0.15, 0.2) is 0 Å². The highest BCUT2D eigenvalue weighted by Crippen LogP contribution is 2.29. The van der Waals surface area contributed by atoms with Crippen molar-refractivity contribution in [2.24, 2.45) is 5.92 Å². The molecule has 7 heteroatoms. The van der Waals surface area contributed by atoms with Crippen molar-refractivity contribution < 1.29 is 13.5 Å². The summed E-state index contributed by atoms with van der Waals surface area (Å²) in [6.45, 7) is 0.388. The van der Waals surface area contributed by atoms with Gasteiger partial charge in [-0.05, 0) is 30.9 Å². The van der Waals surface area contributed by atoms with Crippen molar-refractivity contribution in [2.45, 2.75) is 23.8 Å². The highest BCUT2D eigenvalue weighted by Gasteiger charge is 2.31. The van der Waals surface area contributed by atoms with Crippen molar-refractivity contribution in [3.05, 3.63) is 24.0 Å². The molecule has 0 spiro atoms. The number of sulfonamides is 1. The van der Waals surface area contributed by atoms with Gasteiger partial charge in [-0.2, -0.15) is 5.26 Å². The van der Waals surface area contributed by atoms with Crippen molar-refractivity contribution in [3.8, 4) is 6.07 Å². The third-order valence-corrected chi connectivity index (χ3v) is 5.09.